The summed E-state index contributed by atoms with van der Waals surface area (Å²) in [6.45, 7) is 7.89. The zero-order valence-corrected chi connectivity index (χ0v) is 30.6. The van der Waals surface area contributed by atoms with Crippen LogP contribution in [0.3, 0.4) is 0 Å². The van der Waals surface area contributed by atoms with Gasteiger partial charge in [0.2, 0.25) is 16.8 Å². The first-order chi connectivity index (χ1) is 24.3. The maximum Gasteiger partial charge on any atom is 0.323 e. The number of ether oxygens (including phenoxy) is 4. The molecular weight excluding hydrogens is 676 g/mol. The first-order valence-electron chi connectivity index (χ1n) is 17.2. The lowest BCUT2D eigenvalue weighted by Gasteiger charge is -2.35. The Morgan fingerprint density at radius 1 is 0.980 bits per heavy atom. The number of rotatable bonds is 8. The van der Waals surface area contributed by atoms with Crippen molar-refractivity contribution in [2.45, 2.75) is 70.1 Å². The average molecular weight is 725 g/mol. The van der Waals surface area contributed by atoms with Gasteiger partial charge in [-0.15, -0.1) is 0 Å². The molecule has 14 heteroatoms. The maximum atomic E-state index is 14.4. The Balaban J connectivity index is 1.39. The molecule has 13 nitrogen and oxygen atoms in total. The third-order valence-corrected chi connectivity index (χ3v) is 10.9. The third-order valence-electron chi connectivity index (χ3n) is 9.11. The van der Waals surface area contributed by atoms with Crippen LogP contribution >= 0.6 is 0 Å². The van der Waals surface area contributed by atoms with Crippen molar-refractivity contribution in [3.05, 3.63) is 71.8 Å². The van der Waals surface area contributed by atoms with Crippen molar-refractivity contribution in [1.29, 1.82) is 0 Å². The summed E-state index contributed by atoms with van der Waals surface area (Å²) in [6, 6.07) is 15.5. The Labute approximate surface area is 299 Å². The monoisotopic (exact) mass is 724 g/mol. The molecule has 3 aromatic carbocycles. The highest BCUT2D eigenvalue weighted by atomic mass is 32.2. The number of urea groups is 1. The van der Waals surface area contributed by atoms with Crippen LogP contribution in [0, 0.1) is 12.8 Å². The molecule has 0 bridgehead atoms. The van der Waals surface area contributed by atoms with E-state index in [4.69, 9.17) is 18.9 Å². The normalized spacial score (nSPS) is 20.6. The number of fused-ring (bicyclic) bond motifs is 2. The van der Waals surface area contributed by atoms with Crippen molar-refractivity contribution in [1.82, 2.24) is 9.21 Å². The van der Waals surface area contributed by atoms with Gasteiger partial charge in [-0.1, -0.05) is 24.6 Å². The van der Waals surface area contributed by atoms with Gasteiger partial charge in [-0.05, 0) is 82.5 Å². The molecule has 276 valence electrons. The van der Waals surface area contributed by atoms with Gasteiger partial charge in [0.25, 0.3) is 5.91 Å². The van der Waals surface area contributed by atoms with Crippen LogP contribution in [0.15, 0.2) is 65.6 Å². The number of aliphatic hydroxyl groups is 1. The lowest BCUT2D eigenvalue weighted by molar-refractivity contribution is -0.00834. The van der Waals surface area contributed by atoms with Crippen molar-refractivity contribution in [3.63, 3.8) is 0 Å². The van der Waals surface area contributed by atoms with Crippen LogP contribution in [0.4, 0.5) is 16.2 Å². The number of likely N-dealkylation sites (N-methyl/N-ethyl adjacent to an activating group) is 1. The van der Waals surface area contributed by atoms with E-state index in [9.17, 15) is 23.1 Å². The van der Waals surface area contributed by atoms with Gasteiger partial charge >= 0.3 is 6.03 Å². The fourth-order valence-electron chi connectivity index (χ4n) is 5.97. The van der Waals surface area contributed by atoms with E-state index in [0.717, 1.165) is 18.4 Å². The molecule has 0 spiro atoms. The minimum atomic E-state index is -3.80. The number of amides is 3. The number of aliphatic hydroxyl groups excluding tert-OH is 1. The Kier molecular flexibility index (Phi) is 12.5. The summed E-state index contributed by atoms with van der Waals surface area (Å²) >= 11 is 0. The predicted molar refractivity (Wildman–Crippen MR) is 193 cm³/mol. The first-order valence-corrected chi connectivity index (χ1v) is 18.6. The predicted octanol–water partition coefficient (Wildman–Crippen LogP) is 5.48. The van der Waals surface area contributed by atoms with Crippen LogP contribution in [0.5, 0.6) is 17.2 Å². The lowest BCUT2D eigenvalue weighted by atomic mass is 10.0. The summed E-state index contributed by atoms with van der Waals surface area (Å²) in [6.07, 6.45) is 1.41. The Morgan fingerprint density at radius 3 is 2.35 bits per heavy atom. The molecule has 4 atom stereocenters. The summed E-state index contributed by atoms with van der Waals surface area (Å²) < 4.78 is 51.6. The van der Waals surface area contributed by atoms with Crippen molar-refractivity contribution in [2.24, 2.45) is 5.92 Å². The largest absolute Gasteiger partial charge is 0.490 e. The smallest absolute Gasteiger partial charge is 0.323 e. The van der Waals surface area contributed by atoms with E-state index >= 15 is 0 Å². The first kappa shape index (κ1) is 37.9. The summed E-state index contributed by atoms with van der Waals surface area (Å²) in [5.74, 6) is 0.717. The van der Waals surface area contributed by atoms with E-state index in [-0.39, 0.29) is 49.0 Å². The molecule has 0 saturated heterocycles. The van der Waals surface area contributed by atoms with E-state index in [0.29, 0.717) is 41.7 Å². The van der Waals surface area contributed by atoms with Crippen LogP contribution in [-0.2, 0) is 14.8 Å². The number of sulfonamides is 1. The Morgan fingerprint density at radius 2 is 1.65 bits per heavy atom. The number of nitrogens with one attached hydrogen (secondary N) is 2. The fourth-order valence-corrected chi connectivity index (χ4v) is 7.16. The van der Waals surface area contributed by atoms with E-state index in [2.05, 4.69) is 10.6 Å². The summed E-state index contributed by atoms with van der Waals surface area (Å²) in [4.78, 5) is 29.2. The minimum absolute atomic E-state index is 0.0650. The van der Waals surface area contributed by atoms with Crippen LogP contribution in [-0.4, -0.2) is 93.1 Å². The SMILES string of the molecule is Cc1ccc(S(=O)(=O)N(C)C[C@H]2OCCCC[C@@H](C)Oc3ccc(NC(=O)Nc4ccc5c(c4)OCO5)cc3C(=O)N([C@H](C)CO)C[C@@H]2C)cc1. The second-order valence-electron chi connectivity index (χ2n) is 13.3. The Bertz CT molecular complexity index is 1790. The van der Waals surface area contributed by atoms with E-state index in [1.54, 1.807) is 72.5 Å². The zero-order valence-electron chi connectivity index (χ0n) is 29.8. The van der Waals surface area contributed by atoms with Crippen LogP contribution < -0.4 is 24.8 Å². The molecule has 3 aromatic rings. The number of benzene rings is 3. The number of carbonyl (C=O) groups excluding carboxylic acids is 2. The average Bonchev–Trinajstić information content (AvgIpc) is 3.57. The standard InChI is InChI=1S/C37H48N4O9S/c1-24-9-13-30(14-10-24)51(45,46)40(5)21-35-25(2)20-41(26(3)22-42)36(43)31-18-28(11-15-32(31)50-27(4)8-6-7-17-47-35)38-37(44)39-29-12-16-33-34(19-29)49-23-48-33/h9-16,18-19,25-27,35,42H,6-8,17,20-23H2,1-5H3,(H2,38,39,44)/t25-,26+,27+,35+/m0/s1. The molecule has 0 unspecified atom stereocenters. The van der Waals surface area contributed by atoms with Crippen LogP contribution in [0.25, 0.3) is 0 Å². The zero-order chi connectivity index (χ0) is 36.7. The van der Waals surface area contributed by atoms with Crippen LogP contribution in [0.2, 0.25) is 0 Å². The summed E-state index contributed by atoms with van der Waals surface area (Å²) in [7, 11) is -2.27. The lowest BCUT2D eigenvalue weighted by Crippen LogP contribution is -2.48. The number of carbonyl (C=O) groups is 2. The molecule has 0 saturated carbocycles. The van der Waals surface area contributed by atoms with Gasteiger partial charge in [-0.3, -0.25) is 4.79 Å². The number of aryl methyl sites for hydroxylation is 1. The van der Waals surface area contributed by atoms with Crippen molar-refractivity contribution in [3.8, 4) is 17.2 Å². The van der Waals surface area contributed by atoms with Gasteiger partial charge in [-0.2, -0.15) is 4.31 Å². The van der Waals surface area contributed by atoms with Gasteiger partial charge in [0.1, 0.15) is 5.75 Å². The van der Waals surface area contributed by atoms with Gasteiger partial charge in [0.05, 0.1) is 35.3 Å². The molecule has 0 aromatic heterocycles. The molecule has 3 amide bonds. The number of hydrogen-bond donors (Lipinski definition) is 3. The van der Waals surface area contributed by atoms with Gasteiger partial charge in [-0.25, -0.2) is 13.2 Å². The number of hydrogen-bond acceptors (Lipinski definition) is 9. The molecule has 2 aliphatic rings. The number of anilines is 2. The van der Waals surface area contributed by atoms with Gasteiger partial charge in [0, 0.05) is 50.1 Å². The highest BCUT2D eigenvalue weighted by Crippen LogP contribution is 2.34. The Hall–Kier alpha value is -4.37. The molecule has 0 aliphatic carbocycles. The topological polar surface area (TPSA) is 156 Å². The number of nitrogens with zero attached hydrogens (tertiary/aromatic N) is 2. The molecule has 3 N–H and O–H groups in total. The van der Waals surface area contributed by atoms with Crippen molar-refractivity contribution >= 4 is 33.3 Å². The molecule has 0 radical (unpaired) electrons. The van der Waals surface area contributed by atoms with Gasteiger partial charge in [0.15, 0.2) is 11.5 Å². The van der Waals surface area contributed by atoms with Crippen LogP contribution in [0.1, 0.15) is 56.0 Å². The molecule has 5 rings (SSSR count). The molecule has 0 fully saturated rings. The van der Waals surface area contributed by atoms with E-state index in [1.807, 2.05) is 20.8 Å². The molecular formula is C37H48N4O9S. The summed E-state index contributed by atoms with van der Waals surface area (Å²) in [5, 5.41) is 15.8. The highest BCUT2D eigenvalue weighted by Gasteiger charge is 2.32. The van der Waals surface area contributed by atoms with E-state index < -0.39 is 34.1 Å². The third kappa shape index (κ3) is 9.50. The maximum absolute atomic E-state index is 14.4. The second-order valence-corrected chi connectivity index (χ2v) is 15.3. The van der Waals surface area contributed by atoms with E-state index in [1.165, 1.54) is 11.4 Å². The summed E-state index contributed by atoms with van der Waals surface area (Å²) in [5.41, 5.74) is 2.01. The quantitative estimate of drug-likeness (QED) is 0.274. The molecule has 51 heavy (non-hydrogen) atoms. The van der Waals surface area contributed by atoms with Crippen molar-refractivity contribution < 1.29 is 42.1 Å². The molecule has 2 aliphatic heterocycles. The molecule has 2 heterocycles. The fraction of sp³-hybridized carbons (Fsp3) is 0.459. The minimum Gasteiger partial charge on any atom is -0.490 e. The second kappa shape index (κ2) is 16.8. The van der Waals surface area contributed by atoms with Gasteiger partial charge < -0.3 is 39.6 Å². The highest BCUT2D eigenvalue weighted by molar-refractivity contribution is 7.89. The van der Waals surface area contributed by atoms with Crippen molar-refractivity contribution in [2.75, 3.05) is 50.8 Å².